The molecule has 0 aromatic heterocycles. The fourth-order valence-corrected chi connectivity index (χ4v) is 6.04. The van der Waals surface area contributed by atoms with Crippen LogP contribution in [0.2, 0.25) is 0 Å². The molecule has 11 nitrogen and oxygen atoms in total. The van der Waals surface area contributed by atoms with E-state index in [1.165, 1.54) is 42.5 Å². The van der Waals surface area contributed by atoms with E-state index in [1.807, 2.05) is 30.3 Å². The van der Waals surface area contributed by atoms with Gasteiger partial charge in [0.2, 0.25) is 11.8 Å². The average molecular weight is 524 g/mol. The van der Waals surface area contributed by atoms with Crippen molar-refractivity contribution in [3.05, 3.63) is 115 Å². The number of fused-ring (bicyclic) bond motifs is 5. The lowest BCUT2D eigenvalue weighted by Crippen LogP contribution is -2.44. The molecule has 4 atom stereocenters. The Labute approximate surface area is 221 Å². The normalized spacial score (nSPS) is 22.9. The Kier molecular flexibility index (Phi) is 5.38. The van der Waals surface area contributed by atoms with Crippen LogP contribution in [-0.2, 0) is 9.59 Å². The van der Waals surface area contributed by atoms with Gasteiger partial charge in [0.25, 0.3) is 11.4 Å². The SMILES string of the molecule is Cc1cc([N+](=O)[O-])ccc1N1C(=O)[C@@H]2[C@H](C1=O)[C@H]1c3ccccc3C=CN1[C@H]2C(=O)c1cccc([N+](=O)[O-])c1. The van der Waals surface area contributed by atoms with Crippen molar-refractivity contribution in [2.75, 3.05) is 4.90 Å². The molecule has 3 aliphatic rings. The van der Waals surface area contributed by atoms with Crippen molar-refractivity contribution in [2.24, 2.45) is 11.8 Å². The van der Waals surface area contributed by atoms with Crippen molar-refractivity contribution in [1.82, 2.24) is 4.90 Å². The third kappa shape index (κ3) is 3.54. The van der Waals surface area contributed by atoms with E-state index in [1.54, 1.807) is 18.0 Å². The number of anilines is 1. The maximum atomic E-state index is 14.0. The lowest BCUT2D eigenvalue weighted by molar-refractivity contribution is -0.385. The first-order chi connectivity index (χ1) is 18.7. The second-order valence-electron chi connectivity index (χ2n) is 9.74. The summed E-state index contributed by atoms with van der Waals surface area (Å²) in [6.07, 6.45) is 3.51. The minimum absolute atomic E-state index is 0.0612. The summed E-state index contributed by atoms with van der Waals surface area (Å²) in [5.74, 6) is -3.59. The van der Waals surface area contributed by atoms with E-state index in [2.05, 4.69) is 0 Å². The number of nitro benzene ring substituents is 2. The minimum atomic E-state index is -1.09. The second kappa shape index (κ2) is 8.69. The Hall–Kier alpha value is -5.19. The van der Waals surface area contributed by atoms with Crippen LogP contribution in [-0.4, -0.2) is 38.4 Å². The largest absolute Gasteiger partial charge is 0.358 e. The molecule has 2 fully saturated rings. The Morgan fingerprint density at radius 2 is 1.54 bits per heavy atom. The number of hydrogen-bond acceptors (Lipinski definition) is 8. The molecule has 0 saturated carbocycles. The van der Waals surface area contributed by atoms with Gasteiger partial charge in [-0.05, 0) is 35.8 Å². The van der Waals surface area contributed by atoms with Gasteiger partial charge >= 0.3 is 0 Å². The molecule has 0 unspecified atom stereocenters. The number of rotatable bonds is 5. The number of nitrogens with zero attached hydrogens (tertiary/aromatic N) is 4. The Morgan fingerprint density at radius 1 is 0.846 bits per heavy atom. The maximum Gasteiger partial charge on any atom is 0.270 e. The van der Waals surface area contributed by atoms with E-state index in [4.69, 9.17) is 0 Å². The number of aryl methyl sites for hydroxylation is 1. The van der Waals surface area contributed by atoms with Crippen molar-refractivity contribution in [2.45, 2.75) is 19.0 Å². The number of carbonyl (C=O) groups is 3. The van der Waals surface area contributed by atoms with Crippen molar-refractivity contribution in [1.29, 1.82) is 0 Å². The number of Topliss-reactive ketones (excluding diaryl/α,β-unsaturated/α-hetero) is 1. The first-order valence-electron chi connectivity index (χ1n) is 12.1. The van der Waals surface area contributed by atoms with E-state index in [0.29, 0.717) is 5.56 Å². The molecular weight excluding hydrogens is 504 g/mol. The average Bonchev–Trinajstić information content (AvgIpc) is 3.40. The molecule has 2 amide bonds. The van der Waals surface area contributed by atoms with Crippen LogP contribution >= 0.6 is 0 Å². The molecule has 11 heteroatoms. The summed E-state index contributed by atoms with van der Waals surface area (Å²) < 4.78 is 0. The zero-order valence-electron chi connectivity index (χ0n) is 20.5. The van der Waals surface area contributed by atoms with Crippen LogP contribution in [0.3, 0.4) is 0 Å². The van der Waals surface area contributed by atoms with Gasteiger partial charge in [0.1, 0.15) is 6.04 Å². The van der Waals surface area contributed by atoms with Gasteiger partial charge in [-0.15, -0.1) is 0 Å². The fraction of sp³-hybridized carbons (Fsp3) is 0.179. The molecule has 194 valence electrons. The molecule has 3 heterocycles. The zero-order chi connectivity index (χ0) is 27.6. The number of nitro groups is 2. The van der Waals surface area contributed by atoms with Crippen LogP contribution < -0.4 is 4.90 Å². The number of non-ortho nitro benzene ring substituents is 2. The number of benzene rings is 3. The second-order valence-corrected chi connectivity index (χ2v) is 9.74. The van der Waals surface area contributed by atoms with Crippen molar-refractivity contribution >= 4 is 40.7 Å². The van der Waals surface area contributed by atoms with E-state index in [-0.39, 0.29) is 22.6 Å². The molecule has 3 aromatic carbocycles. The standard InChI is InChI=1S/C28H20N4O7/c1-15-13-19(32(38)39)9-10-21(15)30-27(34)22-23(28(30)35)25(26(33)17-6-4-7-18(14-17)31(36)37)29-12-11-16-5-2-3-8-20(16)24(22)29/h2-14,22-25H,1H3/t22-,23+,24+,25+/m0/s1. The molecule has 0 N–H and O–H groups in total. The molecule has 3 aliphatic heterocycles. The lowest BCUT2D eigenvalue weighted by Gasteiger charge is -2.35. The van der Waals surface area contributed by atoms with Crippen LogP contribution in [0.15, 0.2) is 72.9 Å². The molecule has 3 aromatic rings. The molecule has 0 radical (unpaired) electrons. The lowest BCUT2D eigenvalue weighted by atomic mass is 9.83. The van der Waals surface area contributed by atoms with Crippen LogP contribution in [0.4, 0.5) is 17.1 Å². The molecule has 39 heavy (non-hydrogen) atoms. The van der Waals surface area contributed by atoms with Crippen molar-refractivity contribution in [3.8, 4) is 0 Å². The molecular formula is C28H20N4O7. The Morgan fingerprint density at radius 3 is 2.26 bits per heavy atom. The topological polar surface area (TPSA) is 144 Å². The smallest absolute Gasteiger partial charge is 0.270 e. The molecule has 0 spiro atoms. The molecule has 0 bridgehead atoms. The van der Waals surface area contributed by atoms with Crippen molar-refractivity contribution < 1.29 is 24.2 Å². The van der Waals surface area contributed by atoms with E-state index >= 15 is 0 Å². The first kappa shape index (κ1) is 24.2. The number of carbonyl (C=O) groups excluding carboxylic acids is 3. The summed E-state index contributed by atoms with van der Waals surface area (Å²) in [5, 5.41) is 22.6. The van der Waals surface area contributed by atoms with Gasteiger partial charge in [-0.25, -0.2) is 4.90 Å². The van der Waals surface area contributed by atoms with E-state index < -0.39 is 51.4 Å². The number of ketones is 1. The van der Waals surface area contributed by atoms with E-state index in [9.17, 15) is 34.6 Å². The third-order valence-corrected chi connectivity index (χ3v) is 7.70. The summed E-state index contributed by atoms with van der Waals surface area (Å²) in [7, 11) is 0. The summed E-state index contributed by atoms with van der Waals surface area (Å²) >= 11 is 0. The highest BCUT2D eigenvalue weighted by atomic mass is 16.6. The quantitative estimate of drug-likeness (QED) is 0.209. The number of imide groups is 1. The summed E-state index contributed by atoms with van der Waals surface area (Å²) in [4.78, 5) is 66.1. The summed E-state index contributed by atoms with van der Waals surface area (Å²) in [5.41, 5.74) is 1.85. The highest BCUT2D eigenvalue weighted by molar-refractivity contribution is 6.25. The van der Waals surface area contributed by atoms with Gasteiger partial charge in [-0.3, -0.25) is 34.6 Å². The van der Waals surface area contributed by atoms with Gasteiger partial charge in [-0.1, -0.05) is 36.4 Å². The first-order valence-corrected chi connectivity index (χ1v) is 12.1. The fourth-order valence-electron chi connectivity index (χ4n) is 6.04. The monoisotopic (exact) mass is 524 g/mol. The predicted octanol–water partition coefficient (Wildman–Crippen LogP) is 4.21. The number of amides is 2. The minimum Gasteiger partial charge on any atom is -0.358 e. The van der Waals surface area contributed by atoms with E-state index in [0.717, 1.165) is 16.0 Å². The maximum absolute atomic E-state index is 14.0. The predicted molar refractivity (Wildman–Crippen MR) is 139 cm³/mol. The molecule has 2 saturated heterocycles. The zero-order valence-corrected chi connectivity index (χ0v) is 20.5. The molecule has 6 rings (SSSR count). The summed E-state index contributed by atoms with van der Waals surface area (Å²) in [6.45, 7) is 1.58. The van der Waals surface area contributed by atoms with Crippen LogP contribution in [0.1, 0.15) is 33.1 Å². The third-order valence-electron chi connectivity index (χ3n) is 7.70. The Balaban J connectivity index is 1.49. The summed E-state index contributed by atoms with van der Waals surface area (Å²) in [6, 6.07) is 14.9. The van der Waals surface area contributed by atoms with Crippen LogP contribution in [0.5, 0.6) is 0 Å². The Bertz CT molecular complexity index is 1650. The number of hydrogen-bond donors (Lipinski definition) is 0. The molecule has 0 aliphatic carbocycles. The van der Waals surface area contributed by atoms with Crippen molar-refractivity contribution in [3.63, 3.8) is 0 Å². The highest BCUT2D eigenvalue weighted by Gasteiger charge is 2.64. The van der Waals surface area contributed by atoms with Gasteiger partial charge in [0, 0.05) is 36.0 Å². The van der Waals surface area contributed by atoms with Gasteiger partial charge < -0.3 is 4.90 Å². The van der Waals surface area contributed by atoms with Gasteiger partial charge in [-0.2, -0.15) is 0 Å². The van der Waals surface area contributed by atoms with Crippen LogP contribution in [0.25, 0.3) is 6.08 Å². The van der Waals surface area contributed by atoms with Crippen LogP contribution in [0, 0.1) is 39.0 Å². The van der Waals surface area contributed by atoms with Gasteiger partial charge in [0.05, 0.1) is 33.4 Å². The van der Waals surface area contributed by atoms with Gasteiger partial charge in [0.15, 0.2) is 5.78 Å². The highest BCUT2D eigenvalue weighted by Crippen LogP contribution is 2.54.